The number of hydrogen-bond acceptors (Lipinski definition) is 2. The molecule has 1 saturated heterocycles. The molecule has 2 nitrogen and oxygen atoms in total. The van der Waals surface area contributed by atoms with Crippen LogP contribution in [0.25, 0.3) is 0 Å². The third-order valence-corrected chi connectivity index (χ3v) is 3.82. The van der Waals surface area contributed by atoms with Crippen LogP contribution < -0.4 is 10.1 Å². The van der Waals surface area contributed by atoms with Crippen molar-refractivity contribution in [2.24, 2.45) is 0 Å². The summed E-state index contributed by atoms with van der Waals surface area (Å²) in [7, 11) is 1.69. The van der Waals surface area contributed by atoms with Gasteiger partial charge in [-0.3, -0.25) is 0 Å². The lowest BCUT2D eigenvalue weighted by molar-refractivity contribution is 0.409. The molecule has 0 bridgehead atoms. The standard InChI is InChI=1S/C14H20ClNO/c1-3-10-8-12(9-13(15)14(10)17-2)11-4-6-16-7-5-11/h8-9,11,16H,3-7H2,1-2H3. The normalized spacial score (nSPS) is 17.1. The summed E-state index contributed by atoms with van der Waals surface area (Å²) in [6.07, 6.45) is 3.36. The van der Waals surface area contributed by atoms with Crippen molar-refractivity contribution in [3.05, 3.63) is 28.3 Å². The van der Waals surface area contributed by atoms with Gasteiger partial charge in [0.2, 0.25) is 0 Å². The van der Waals surface area contributed by atoms with Gasteiger partial charge < -0.3 is 10.1 Å². The van der Waals surface area contributed by atoms with Gasteiger partial charge in [0.1, 0.15) is 5.75 Å². The minimum atomic E-state index is 0.643. The molecule has 1 aromatic rings. The van der Waals surface area contributed by atoms with E-state index in [0.29, 0.717) is 5.92 Å². The molecule has 94 valence electrons. The van der Waals surface area contributed by atoms with Crippen LogP contribution in [0.1, 0.15) is 36.8 Å². The SMILES string of the molecule is CCc1cc(C2CCNCC2)cc(Cl)c1OC. The molecule has 1 heterocycles. The summed E-state index contributed by atoms with van der Waals surface area (Å²) >= 11 is 6.29. The molecule has 0 saturated carbocycles. The fourth-order valence-electron chi connectivity index (χ4n) is 2.56. The van der Waals surface area contributed by atoms with Gasteiger partial charge in [-0.2, -0.15) is 0 Å². The predicted octanol–water partition coefficient (Wildman–Crippen LogP) is 3.38. The third kappa shape index (κ3) is 2.75. The summed E-state index contributed by atoms with van der Waals surface area (Å²) in [6, 6.07) is 4.34. The first-order valence-corrected chi connectivity index (χ1v) is 6.71. The molecule has 0 unspecified atom stereocenters. The van der Waals surface area contributed by atoms with E-state index in [2.05, 4.69) is 24.4 Å². The third-order valence-electron chi connectivity index (χ3n) is 3.54. The van der Waals surface area contributed by atoms with E-state index >= 15 is 0 Å². The molecular formula is C14H20ClNO. The maximum Gasteiger partial charge on any atom is 0.140 e. The molecule has 17 heavy (non-hydrogen) atoms. The zero-order chi connectivity index (χ0) is 12.3. The Hall–Kier alpha value is -0.730. The molecule has 3 heteroatoms. The summed E-state index contributed by atoms with van der Waals surface area (Å²) < 4.78 is 5.37. The van der Waals surface area contributed by atoms with Crippen LogP contribution in [0, 0.1) is 0 Å². The summed E-state index contributed by atoms with van der Waals surface area (Å²) in [4.78, 5) is 0. The number of halogens is 1. The maximum atomic E-state index is 6.29. The second kappa shape index (κ2) is 5.74. The molecule has 0 radical (unpaired) electrons. The molecule has 0 amide bonds. The highest BCUT2D eigenvalue weighted by atomic mass is 35.5. The van der Waals surface area contributed by atoms with Gasteiger partial charge in [-0.05, 0) is 55.5 Å². The van der Waals surface area contributed by atoms with E-state index in [4.69, 9.17) is 16.3 Å². The van der Waals surface area contributed by atoms with Crippen LogP contribution in [-0.2, 0) is 6.42 Å². The van der Waals surface area contributed by atoms with Gasteiger partial charge in [-0.25, -0.2) is 0 Å². The van der Waals surface area contributed by atoms with Crippen molar-refractivity contribution in [1.29, 1.82) is 0 Å². The van der Waals surface area contributed by atoms with Gasteiger partial charge >= 0.3 is 0 Å². The second-order valence-corrected chi connectivity index (χ2v) is 4.98. The van der Waals surface area contributed by atoms with E-state index in [0.717, 1.165) is 30.3 Å². The summed E-state index contributed by atoms with van der Waals surface area (Å²) in [5, 5.41) is 4.14. The lowest BCUT2D eigenvalue weighted by Crippen LogP contribution is -2.26. The maximum absolute atomic E-state index is 6.29. The monoisotopic (exact) mass is 253 g/mol. The summed E-state index contributed by atoms with van der Waals surface area (Å²) in [5.41, 5.74) is 2.59. The van der Waals surface area contributed by atoms with Crippen LogP contribution in [0.3, 0.4) is 0 Å². The molecule has 0 spiro atoms. The van der Waals surface area contributed by atoms with E-state index in [1.54, 1.807) is 7.11 Å². The zero-order valence-corrected chi connectivity index (χ0v) is 11.3. The van der Waals surface area contributed by atoms with Crippen molar-refractivity contribution < 1.29 is 4.74 Å². The Balaban J connectivity index is 2.31. The minimum absolute atomic E-state index is 0.643. The lowest BCUT2D eigenvalue weighted by Gasteiger charge is -2.24. The lowest BCUT2D eigenvalue weighted by atomic mass is 9.89. The number of benzene rings is 1. The van der Waals surface area contributed by atoms with Crippen molar-refractivity contribution >= 4 is 11.6 Å². The van der Waals surface area contributed by atoms with Crippen molar-refractivity contribution in [2.75, 3.05) is 20.2 Å². The zero-order valence-electron chi connectivity index (χ0n) is 10.6. The topological polar surface area (TPSA) is 21.3 Å². The molecule has 1 aromatic carbocycles. The molecule has 0 atom stereocenters. The van der Waals surface area contributed by atoms with Crippen molar-refractivity contribution in [2.45, 2.75) is 32.1 Å². The molecule has 2 rings (SSSR count). The first-order valence-electron chi connectivity index (χ1n) is 6.33. The quantitative estimate of drug-likeness (QED) is 0.892. The number of methoxy groups -OCH3 is 1. The molecule has 1 fully saturated rings. The fraction of sp³-hybridized carbons (Fsp3) is 0.571. The van der Waals surface area contributed by atoms with Crippen LogP contribution in [0.5, 0.6) is 5.75 Å². The minimum Gasteiger partial charge on any atom is -0.495 e. The van der Waals surface area contributed by atoms with Gasteiger partial charge in [-0.15, -0.1) is 0 Å². The number of hydrogen-bond donors (Lipinski definition) is 1. The highest BCUT2D eigenvalue weighted by Crippen LogP contribution is 2.35. The molecule has 1 N–H and O–H groups in total. The van der Waals surface area contributed by atoms with Gasteiger partial charge in [0, 0.05) is 0 Å². The van der Waals surface area contributed by atoms with Crippen molar-refractivity contribution in [3.8, 4) is 5.75 Å². The fourth-order valence-corrected chi connectivity index (χ4v) is 2.88. The van der Waals surface area contributed by atoms with Crippen LogP contribution in [0.2, 0.25) is 5.02 Å². The number of ether oxygens (including phenoxy) is 1. The molecular weight excluding hydrogens is 234 g/mol. The molecule has 1 aliphatic rings. The van der Waals surface area contributed by atoms with Crippen molar-refractivity contribution in [3.63, 3.8) is 0 Å². The molecule has 1 aliphatic heterocycles. The Labute approximate surface area is 108 Å². The van der Waals surface area contributed by atoms with E-state index in [-0.39, 0.29) is 0 Å². The van der Waals surface area contributed by atoms with Crippen LogP contribution >= 0.6 is 11.6 Å². The first kappa shape index (κ1) is 12.7. The molecule has 0 aromatic heterocycles. The van der Waals surface area contributed by atoms with E-state index in [9.17, 15) is 0 Å². The van der Waals surface area contributed by atoms with E-state index in [1.165, 1.54) is 24.0 Å². The van der Waals surface area contributed by atoms with Gasteiger partial charge in [0.15, 0.2) is 0 Å². The number of aryl methyl sites for hydroxylation is 1. The highest BCUT2D eigenvalue weighted by molar-refractivity contribution is 6.32. The Morgan fingerprint density at radius 1 is 1.35 bits per heavy atom. The molecule has 0 aliphatic carbocycles. The summed E-state index contributed by atoms with van der Waals surface area (Å²) in [5.74, 6) is 1.48. The number of nitrogens with one attached hydrogen (secondary N) is 1. The second-order valence-electron chi connectivity index (χ2n) is 4.57. The first-order chi connectivity index (χ1) is 8.26. The Bertz CT molecular complexity index is 386. The van der Waals surface area contributed by atoms with Crippen LogP contribution in [0.15, 0.2) is 12.1 Å². The average Bonchev–Trinajstić information content (AvgIpc) is 2.38. The van der Waals surface area contributed by atoms with Gasteiger partial charge in [-0.1, -0.05) is 24.6 Å². The number of rotatable bonds is 3. The average molecular weight is 254 g/mol. The van der Waals surface area contributed by atoms with Gasteiger partial charge in [0.25, 0.3) is 0 Å². The van der Waals surface area contributed by atoms with Crippen LogP contribution in [0.4, 0.5) is 0 Å². The van der Waals surface area contributed by atoms with E-state index < -0.39 is 0 Å². The Kier molecular flexibility index (Phi) is 4.30. The number of piperidine rings is 1. The van der Waals surface area contributed by atoms with E-state index in [1.807, 2.05) is 0 Å². The van der Waals surface area contributed by atoms with Crippen LogP contribution in [-0.4, -0.2) is 20.2 Å². The van der Waals surface area contributed by atoms with Crippen molar-refractivity contribution in [1.82, 2.24) is 5.32 Å². The summed E-state index contributed by atoms with van der Waals surface area (Å²) in [6.45, 7) is 4.35. The smallest absolute Gasteiger partial charge is 0.140 e. The Morgan fingerprint density at radius 3 is 2.65 bits per heavy atom. The highest BCUT2D eigenvalue weighted by Gasteiger charge is 2.18. The Morgan fingerprint density at radius 2 is 2.06 bits per heavy atom. The van der Waals surface area contributed by atoms with Gasteiger partial charge in [0.05, 0.1) is 12.1 Å². The largest absolute Gasteiger partial charge is 0.495 e. The predicted molar refractivity (Wildman–Crippen MR) is 72.2 cm³/mol.